The fraction of sp³-hybridized carbons (Fsp3) is 0.579. The summed E-state index contributed by atoms with van der Waals surface area (Å²) in [5.41, 5.74) is 0.181. The third kappa shape index (κ3) is 5.18. The molecular weight excluding hydrogens is 348 g/mol. The van der Waals surface area contributed by atoms with Gasteiger partial charge in [0.25, 0.3) is 5.91 Å². The molecule has 1 saturated carbocycles. The number of aromatic carboxylic acids is 1. The van der Waals surface area contributed by atoms with Crippen LogP contribution in [0.4, 0.5) is 4.79 Å². The van der Waals surface area contributed by atoms with E-state index >= 15 is 0 Å². The predicted octanol–water partition coefficient (Wildman–Crippen LogP) is 2.02. The highest BCUT2D eigenvalue weighted by atomic mass is 16.4. The Kier molecular flexibility index (Phi) is 6.26. The lowest BCUT2D eigenvalue weighted by Gasteiger charge is -2.33. The third-order valence-electron chi connectivity index (χ3n) is 5.28. The lowest BCUT2D eigenvalue weighted by atomic mass is 9.96. The fourth-order valence-electron chi connectivity index (χ4n) is 3.73. The second-order valence-electron chi connectivity index (χ2n) is 7.25. The van der Waals surface area contributed by atoms with Crippen molar-refractivity contribution in [1.82, 2.24) is 20.5 Å². The van der Waals surface area contributed by atoms with E-state index in [4.69, 9.17) is 5.11 Å². The second-order valence-corrected chi connectivity index (χ2v) is 7.25. The van der Waals surface area contributed by atoms with E-state index in [0.29, 0.717) is 25.9 Å². The van der Waals surface area contributed by atoms with Crippen molar-refractivity contribution < 1.29 is 19.5 Å². The monoisotopic (exact) mass is 374 g/mol. The van der Waals surface area contributed by atoms with E-state index in [1.54, 1.807) is 4.90 Å². The molecule has 0 unspecified atom stereocenters. The molecule has 3 N–H and O–H groups in total. The summed E-state index contributed by atoms with van der Waals surface area (Å²) in [6.07, 6.45) is 8.35. The molecular formula is C19H26N4O4. The SMILES string of the molecule is O=C(NC1CCCCC1)NC1CCN(C(=O)c2cc(C(=O)O)ccn2)CC1. The van der Waals surface area contributed by atoms with Crippen LogP contribution in [0.3, 0.4) is 0 Å². The lowest BCUT2D eigenvalue weighted by molar-refractivity contribution is 0.0696. The highest BCUT2D eigenvalue weighted by Gasteiger charge is 2.26. The smallest absolute Gasteiger partial charge is 0.335 e. The van der Waals surface area contributed by atoms with Gasteiger partial charge in [-0.1, -0.05) is 19.3 Å². The molecule has 2 heterocycles. The molecule has 2 fully saturated rings. The molecule has 0 bridgehead atoms. The number of aromatic nitrogens is 1. The van der Waals surface area contributed by atoms with Crippen molar-refractivity contribution >= 4 is 17.9 Å². The number of hydrogen-bond acceptors (Lipinski definition) is 4. The molecule has 0 radical (unpaired) electrons. The average molecular weight is 374 g/mol. The van der Waals surface area contributed by atoms with Gasteiger partial charge in [-0.15, -0.1) is 0 Å². The zero-order chi connectivity index (χ0) is 19.2. The summed E-state index contributed by atoms with van der Waals surface area (Å²) in [7, 11) is 0. The number of hydrogen-bond donors (Lipinski definition) is 3. The van der Waals surface area contributed by atoms with Crippen LogP contribution in [0.5, 0.6) is 0 Å². The van der Waals surface area contributed by atoms with Gasteiger partial charge in [0, 0.05) is 31.4 Å². The van der Waals surface area contributed by atoms with Crippen molar-refractivity contribution in [3.8, 4) is 0 Å². The quantitative estimate of drug-likeness (QED) is 0.746. The molecule has 3 amide bonds. The lowest BCUT2D eigenvalue weighted by Crippen LogP contribution is -2.51. The van der Waals surface area contributed by atoms with Crippen molar-refractivity contribution in [2.24, 2.45) is 0 Å². The number of pyridine rings is 1. The zero-order valence-corrected chi connectivity index (χ0v) is 15.3. The van der Waals surface area contributed by atoms with Gasteiger partial charge in [0.15, 0.2) is 0 Å². The number of carboxylic acid groups (broad SMARTS) is 1. The van der Waals surface area contributed by atoms with E-state index in [-0.39, 0.29) is 35.3 Å². The zero-order valence-electron chi connectivity index (χ0n) is 15.3. The molecule has 1 aromatic heterocycles. The summed E-state index contributed by atoms with van der Waals surface area (Å²) in [5, 5.41) is 15.1. The second kappa shape index (κ2) is 8.83. The maximum Gasteiger partial charge on any atom is 0.335 e. The summed E-state index contributed by atoms with van der Waals surface area (Å²) in [5.74, 6) is -1.36. The largest absolute Gasteiger partial charge is 0.478 e. The van der Waals surface area contributed by atoms with Crippen LogP contribution in [0.15, 0.2) is 18.3 Å². The molecule has 0 aromatic carbocycles. The molecule has 2 aliphatic rings. The molecule has 3 rings (SSSR count). The summed E-state index contributed by atoms with van der Waals surface area (Å²) in [6.45, 7) is 1.01. The Morgan fingerprint density at radius 2 is 1.63 bits per heavy atom. The molecule has 27 heavy (non-hydrogen) atoms. The van der Waals surface area contributed by atoms with Crippen molar-refractivity contribution in [2.45, 2.75) is 57.0 Å². The third-order valence-corrected chi connectivity index (χ3v) is 5.28. The van der Waals surface area contributed by atoms with Crippen LogP contribution in [0, 0.1) is 0 Å². The van der Waals surface area contributed by atoms with E-state index in [1.807, 2.05) is 0 Å². The summed E-state index contributed by atoms with van der Waals surface area (Å²) >= 11 is 0. The molecule has 8 nitrogen and oxygen atoms in total. The molecule has 0 atom stereocenters. The minimum Gasteiger partial charge on any atom is -0.478 e. The number of carbonyl (C=O) groups excluding carboxylic acids is 2. The van der Waals surface area contributed by atoms with Crippen LogP contribution in [-0.2, 0) is 0 Å². The Labute approximate surface area is 158 Å². The van der Waals surface area contributed by atoms with Gasteiger partial charge in [-0.2, -0.15) is 0 Å². The Hall–Kier alpha value is -2.64. The van der Waals surface area contributed by atoms with Crippen LogP contribution in [0.1, 0.15) is 65.8 Å². The Morgan fingerprint density at radius 3 is 2.26 bits per heavy atom. The average Bonchev–Trinajstić information content (AvgIpc) is 2.69. The Bertz CT molecular complexity index is 695. The van der Waals surface area contributed by atoms with Gasteiger partial charge >= 0.3 is 12.0 Å². The number of rotatable bonds is 4. The molecule has 1 aliphatic heterocycles. The van der Waals surface area contributed by atoms with Gasteiger partial charge in [-0.3, -0.25) is 9.78 Å². The molecule has 146 valence electrons. The van der Waals surface area contributed by atoms with Gasteiger partial charge in [0.2, 0.25) is 0 Å². The maximum absolute atomic E-state index is 12.5. The molecule has 0 spiro atoms. The number of likely N-dealkylation sites (tertiary alicyclic amines) is 1. The van der Waals surface area contributed by atoms with E-state index in [0.717, 1.165) is 12.8 Å². The van der Waals surface area contributed by atoms with Crippen LogP contribution in [0.2, 0.25) is 0 Å². The van der Waals surface area contributed by atoms with Gasteiger partial charge in [-0.05, 0) is 37.8 Å². The minimum absolute atomic E-state index is 0.0379. The van der Waals surface area contributed by atoms with Crippen molar-refractivity contribution in [1.29, 1.82) is 0 Å². The van der Waals surface area contributed by atoms with E-state index in [9.17, 15) is 14.4 Å². The predicted molar refractivity (Wildman–Crippen MR) is 98.7 cm³/mol. The number of urea groups is 1. The number of nitrogens with one attached hydrogen (secondary N) is 2. The maximum atomic E-state index is 12.5. The van der Waals surface area contributed by atoms with Gasteiger partial charge in [-0.25, -0.2) is 9.59 Å². The van der Waals surface area contributed by atoms with Crippen LogP contribution in [0.25, 0.3) is 0 Å². The molecule has 8 heteroatoms. The number of carboxylic acids is 1. The summed E-state index contributed by atoms with van der Waals surface area (Å²) in [6, 6.07) is 2.85. The first kappa shape index (κ1) is 19.1. The number of nitrogens with zero attached hydrogens (tertiary/aromatic N) is 2. The normalized spacial score (nSPS) is 18.7. The fourth-order valence-corrected chi connectivity index (χ4v) is 3.73. The summed E-state index contributed by atoms with van der Waals surface area (Å²) in [4.78, 5) is 41.4. The molecule has 1 aliphatic carbocycles. The first-order chi connectivity index (χ1) is 13.0. The first-order valence-electron chi connectivity index (χ1n) is 9.58. The first-order valence-corrected chi connectivity index (χ1v) is 9.58. The van der Waals surface area contributed by atoms with Crippen LogP contribution < -0.4 is 10.6 Å². The van der Waals surface area contributed by atoms with E-state index in [2.05, 4.69) is 15.6 Å². The number of piperidine rings is 1. The van der Waals surface area contributed by atoms with E-state index in [1.165, 1.54) is 37.6 Å². The Balaban J connectivity index is 1.46. The van der Waals surface area contributed by atoms with Crippen molar-refractivity contribution in [2.75, 3.05) is 13.1 Å². The number of carbonyl (C=O) groups is 3. The van der Waals surface area contributed by atoms with Crippen LogP contribution >= 0.6 is 0 Å². The topological polar surface area (TPSA) is 112 Å². The Morgan fingerprint density at radius 1 is 1.00 bits per heavy atom. The van der Waals surface area contributed by atoms with E-state index < -0.39 is 5.97 Å². The minimum atomic E-state index is -1.08. The number of amides is 3. The van der Waals surface area contributed by atoms with Gasteiger partial charge in [0.1, 0.15) is 5.69 Å². The van der Waals surface area contributed by atoms with Crippen molar-refractivity contribution in [3.63, 3.8) is 0 Å². The standard InChI is InChI=1S/C19H26N4O4/c24-17(16-12-13(18(25)26)6-9-20-16)23-10-7-15(8-11-23)22-19(27)21-14-4-2-1-3-5-14/h6,9,12,14-15H,1-5,7-8,10-11H2,(H,25,26)(H2,21,22,27). The molecule has 1 aromatic rings. The highest BCUT2D eigenvalue weighted by molar-refractivity contribution is 5.95. The van der Waals surface area contributed by atoms with Gasteiger partial charge in [0.05, 0.1) is 5.56 Å². The van der Waals surface area contributed by atoms with Crippen LogP contribution in [-0.4, -0.2) is 58.1 Å². The molecule has 1 saturated heterocycles. The highest BCUT2D eigenvalue weighted by Crippen LogP contribution is 2.18. The summed E-state index contributed by atoms with van der Waals surface area (Å²) < 4.78 is 0. The van der Waals surface area contributed by atoms with Gasteiger partial charge < -0.3 is 20.6 Å². The van der Waals surface area contributed by atoms with Crippen molar-refractivity contribution in [3.05, 3.63) is 29.6 Å².